The number of hydrogen-bond acceptors (Lipinski definition) is 4. The number of carboxylic acids is 1. The van der Waals surface area contributed by atoms with Gasteiger partial charge in [0.2, 0.25) is 0 Å². The number of benzene rings is 1. The zero-order valence-corrected chi connectivity index (χ0v) is 20.2. The van der Waals surface area contributed by atoms with Gasteiger partial charge in [0, 0.05) is 11.1 Å². The molecule has 0 spiro atoms. The van der Waals surface area contributed by atoms with Crippen molar-refractivity contribution >= 4 is 5.97 Å². The number of nitrogens with zero attached hydrogens (tertiary/aromatic N) is 1. The molecule has 5 nitrogen and oxygen atoms in total. The van der Waals surface area contributed by atoms with Gasteiger partial charge in [0.1, 0.15) is 6.04 Å². The number of phenolic OH excluding ortho intramolecular Hbond substituents is 2. The summed E-state index contributed by atoms with van der Waals surface area (Å²) in [6.45, 7) is 17.4. The Bertz CT molecular complexity index is 708. The minimum atomic E-state index is -0.860. The molecule has 1 unspecified atom stereocenters. The van der Waals surface area contributed by atoms with Gasteiger partial charge in [-0.15, -0.1) is 0 Å². The molecule has 172 valence electrons. The highest BCUT2D eigenvalue weighted by atomic mass is 16.4. The lowest BCUT2D eigenvalue weighted by Crippen LogP contribution is -2.64. The van der Waals surface area contributed by atoms with Gasteiger partial charge in [0.25, 0.3) is 0 Å². The molecule has 3 N–H and O–H groups in total. The van der Waals surface area contributed by atoms with E-state index < -0.39 is 12.0 Å². The van der Waals surface area contributed by atoms with Crippen LogP contribution >= 0.6 is 0 Å². The van der Waals surface area contributed by atoms with Crippen LogP contribution in [0.15, 0.2) is 18.2 Å². The fraction of sp³-hybridized carbons (Fsp3) is 0.720. The smallest absolute Gasteiger partial charge is 0.321 e. The fourth-order valence-corrected chi connectivity index (χ4v) is 5.15. The van der Waals surface area contributed by atoms with Crippen molar-refractivity contribution in [3.8, 4) is 11.5 Å². The monoisotopic (exact) mass is 421 g/mol. The Morgan fingerprint density at radius 3 is 2.07 bits per heavy atom. The standard InChI is InChI=1S/C25H43NO4/c1-9-11-14-25(8,10-2)26(24(6,7)17-23(3,4)5)19(22(29)30)15-18-12-13-20(27)21(28)16-18/h12-13,16,19,27-28H,9-11,14-15,17H2,1-8H3,(H,29,30)/t19-,25?/m0/s1. The Kier molecular flexibility index (Phi) is 8.80. The van der Waals surface area contributed by atoms with E-state index in [0.29, 0.717) is 5.56 Å². The van der Waals surface area contributed by atoms with Gasteiger partial charge in [-0.25, -0.2) is 0 Å². The minimum absolute atomic E-state index is 0.0427. The summed E-state index contributed by atoms with van der Waals surface area (Å²) in [6.07, 6.45) is 5.00. The number of unbranched alkanes of at least 4 members (excludes halogenated alkanes) is 1. The molecule has 0 aliphatic carbocycles. The molecule has 0 fully saturated rings. The second kappa shape index (κ2) is 10.0. The third-order valence-electron chi connectivity index (χ3n) is 6.09. The SMILES string of the molecule is CCCCC(C)(CC)N([C@@H](Cc1ccc(O)c(O)c1)C(=O)O)C(C)(C)CC(C)(C)C. The molecule has 0 bridgehead atoms. The van der Waals surface area contributed by atoms with Gasteiger partial charge >= 0.3 is 5.97 Å². The Labute approximate surface area is 183 Å². The highest BCUT2D eigenvalue weighted by Gasteiger charge is 2.47. The molecule has 1 aromatic rings. The van der Waals surface area contributed by atoms with E-state index in [-0.39, 0.29) is 34.4 Å². The van der Waals surface area contributed by atoms with Crippen LogP contribution < -0.4 is 0 Å². The molecular weight excluding hydrogens is 378 g/mol. The molecule has 0 saturated heterocycles. The van der Waals surface area contributed by atoms with Gasteiger partial charge < -0.3 is 15.3 Å². The highest BCUT2D eigenvalue weighted by Crippen LogP contribution is 2.41. The number of rotatable bonds is 11. The summed E-state index contributed by atoms with van der Waals surface area (Å²) in [7, 11) is 0. The lowest BCUT2D eigenvalue weighted by molar-refractivity contribution is -0.153. The summed E-state index contributed by atoms with van der Waals surface area (Å²) in [5.41, 5.74) is 0.121. The number of phenols is 2. The van der Waals surface area contributed by atoms with E-state index in [4.69, 9.17) is 0 Å². The Balaban J connectivity index is 3.52. The summed E-state index contributed by atoms with van der Waals surface area (Å²) in [5.74, 6) is -1.28. The highest BCUT2D eigenvalue weighted by molar-refractivity contribution is 5.74. The first-order chi connectivity index (χ1) is 13.7. The second-order valence-electron chi connectivity index (χ2n) is 10.8. The maximum Gasteiger partial charge on any atom is 0.321 e. The second-order valence-corrected chi connectivity index (χ2v) is 10.8. The van der Waals surface area contributed by atoms with Crippen LogP contribution in [0.25, 0.3) is 0 Å². The normalized spacial score (nSPS) is 15.8. The van der Waals surface area contributed by atoms with Crippen molar-refractivity contribution in [2.24, 2.45) is 5.41 Å². The van der Waals surface area contributed by atoms with Crippen LogP contribution in [0.5, 0.6) is 11.5 Å². The molecule has 5 heteroatoms. The average molecular weight is 422 g/mol. The first-order valence-electron chi connectivity index (χ1n) is 11.2. The van der Waals surface area contributed by atoms with E-state index >= 15 is 0 Å². The molecular formula is C25H43NO4. The Morgan fingerprint density at radius 2 is 1.63 bits per heavy atom. The first kappa shape index (κ1) is 26.3. The van der Waals surface area contributed by atoms with Gasteiger partial charge in [-0.05, 0) is 69.6 Å². The molecule has 0 amide bonds. The van der Waals surface area contributed by atoms with Gasteiger partial charge in [-0.2, -0.15) is 0 Å². The Morgan fingerprint density at radius 1 is 1.03 bits per heavy atom. The molecule has 1 aromatic carbocycles. The van der Waals surface area contributed by atoms with Crippen LogP contribution in [0.3, 0.4) is 0 Å². The van der Waals surface area contributed by atoms with Crippen molar-refractivity contribution in [1.29, 1.82) is 0 Å². The molecule has 0 radical (unpaired) electrons. The van der Waals surface area contributed by atoms with E-state index in [1.807, 2.05) is 0 Å². The number of aliphatic carboxylic acids is 1. The molecule has 0 aliphatic rings. The van der Waals surface area contributed by atoms with Gasteiger partial charge in [0.15, 0.2) is 11.5 Å². The summed E-state index contributed by atoms with van der Waals surface area (Å²) < 4.78 is 0. The Hall–Kier alpha value is -1.75. The lowest BCUT2D eigenvalue weighted by Gasteiger charge is -2.54. The number of aromatic hydroxyl groups is 2. The lowest BCUT2D eigenvalue weighted by atomic mass is 9.75. The average Bonchev–Trinajstić information content (AvgIpc) is 2.60. The zero-order valence-electron chi connectivity index (χ0n) is 20.2. The van der Waals surface area contributed by atoms with Crippen LogP contribution in [-0.4, -0.2) is 43.3 Å². The van der Waals surface area contributed by atoms with E-state index in [2.05, 4.69) is 60.3 Å². The number of hydrogen-bond donors (Lipinski definition) is 3. The molecule has 0 heterocycles. The zero-order chi connectivity index (χ0) is 23.3. The first-order valence-corrected chi connectivity index (χ1v) is 11.2. The molecule has 30 heavy (non-hydrogen) atoms. The maximum atomic E-state index is 12.6. The van der Waals surface area contributed by atoms with Gasteiger partial charge in [0.05, 0.1) is 0 Å². The van der Waals surface area contributed by atoms with Crippen molar-refractivity contribution in [2.45, 2.75) is 111 Å². The van der Waals surface area contributed by atoms with Crippen LogP contribution in [0, 0.1) is 5.41 Å². The summed E-state index contributed by atoms with van der Waals surface area (Å²) in [6, 6.07) is 3.84. The van der Waals surface area contributed by atoms with E-state index in [9.17, 15) is 20.1 Å². The summed E-state index contributed by atoms with van der Waals surface area (Å²) >= 11 is 0. The summed E-state index contributed by atoms with van der Waals surface area (Å²) in [4.78, 5) is 14.8. The largest absolute Gasteiger partial charge is 0.504 e. The van der Waals surface area contributed by atoms with Crippen LogP contribution in [-0.2, 0) is 11.2 Å². The van der Waals surface area contributed by atoms with Crippen LogP contribution in [0.4, 0.5) is 0 Å². The van der Waals surface area contributed by atoms with Crippen molar-refractivity contribution in [3.05, 3.63) is 23.8 Å². The third kappa shape index (κ3) is 6.90. The quantitative estimate of drug-likeness (QED) is 0.384. The van der Waals surface area contributed by atoms with Crippen LogP contribution in [0.1, 0.15) is 93.1 Å². The van der Waals surface area contributed by atoms with Gasteiger partial charge in [-0.3, -0.25) is 9.69 Å². The predicted molar refractivity (Wildman–Crippen MR) is 123 cm³/mol. The van der Waals surface area contributed by atoms with Crippen LogP contribution in [0.2, 0.25) is 0 Å². The molecule has 0 saturated carbocycles. The molecule has 0 aliphatic heterocycles. The predicted octanol–water partition coefficient (Wildman–Crippen LogP) is 5.97. The van der Waals surface area contributed by atoms with Gasteiger partial charge in [-0.1, -0.05) is 53.5 Å². The summed E-state index contributed by atoms with van der Waals surface area (Å²) in [5, 5.41) is 29.9. The molecule has 0 aromatic heterocycles. The van der Waals surface area contributed by atoms with Crippen molar-refractivity contribution in [1.82, 2.24) is 4.90 Å². The van der Waals surface area contributed by atoms with Crippen molar-refractivity contribution in [2.75, 3.05) is 0 Å². The van der Waals surface area contributed by atoms with E-state index in [0.717, 1.165) is 32.1 Å². The molecule has 2 atom stereocenters. The van der Waals surface area contributed by atoms with Crippen molar-refractivity contribution < 1.29 is 20.1 Å². The fourth-order valence-electron chi connectivity index (χ4n) is 5.15. The van der Waals surface area contributed by atoms with E-state index in [1.165, 1.54) is 12.1 Å². The maximum absolute atomic E-state index is 12.6. The topological polar surface area (TPSA) is 81.0 Å². The molecule has 1 rings (SSSR count). The van der Waals surface area contributed by atoms with E-state index in [1.54, 1.807) is 6.07 Å². The van der Waals surface area contributed by atoms with Crippen molar-refractivity contribution in [3.63, 3.8) is 0 Å². The third-order valence-corrected chi connectivity index (χ3v) is 6.09. The number of carboxylic acid groups (broad SMARTS) is 1. The minimum Gasteiger partial charge on any atom is -0.504 e. The number of carbonyl (C=O) groups is 1.